The van der Waals surface area contributed by atoms with E-state index in [1.54, 1.807) is 18.6 Å². The summed E-state index contributed by atoms with van der Waals surface area (Å²) in [6.07, 6.45) is 8.97. The maximum atomic E-state index is 5.73. The predicted octanol–water partition coefficient (Wildman–Crippen LogP) is 3.54. The summed E-state index contributed by atoms with van der Waals surface area (Å²) < 4.78 is 2.00. The fourth-order valence-corrected chi connectivity index (χ4v) is 3.04. The van der Waals surface area contributed by atoms with Crippen LogP contribution < -0.4 is 5.73 Å². The first kappa shape index (κ1) is 17.1. The lowest BCUT2D eigenvalue weighted by Gasteiger charge is -2.04. The highest BCUT2D eigenvalue weighted by molar-refractivity contribution is 5.92. The lowest BCUT2D eigenvalue weighted by atomic mass is 10.1. The van der Waals surface area contributed by atoms with Crippen LogP contribution in [0.4, 0.5) is 0 Å². The lowest BCUT2D eigenvalue weighted by molar-refractivity contribution is 0.682. The summed E-state index contributed by atoms with van der Waals surface area (Å²) in [5.41, 5.74) is 11.3. The van der Waals surface area contributed by atoms with Gasteiger partial charge >= 0.3 is 0 Å². The third kappa shape index (κ3) is 3.47. The van der Waals surface area contributed by atoms with Crippen molar-refractivity contribution < 1.29 is 0 Å². The largest absolute Gasteiger partial charge is 0.325 e. The Morgan fingerprint density at radius 3 is 2.81 bits per heavy atom. The summed E-state index contributed by atoms with van der Waals surface area (Å²) in [6.45, 7) is 3.31. The van der Waals surface area contributed by atoms with Crippen LogP contribution >= 0.6 is 0 Å². The zero-order chi connectivity index (χ0) is 18.6. The molecule has 0 atom stereocenters. The molecule has 0 fully saturated rings. The van der Waals surface area contributed by atoms with Gasteiger partial charge in [-0.1, -0.05) is 12.1 Å². The molecular weight excluding hydrogens is 336 g/mol. The molecule has 4 rings (SSSR count). The van der Waals surface area contributed by atoms with E-state index in [9.17, 15) is 0 Å². The minimum absolute atomic E-state index is 0.427. The Balaban J connectivity index is 1.80. The van der Waals surface area contributed by atoms with E-state index in [1.807, 2.05) is 35.0 Å². The van der Waals surface area contributed by atoms with E-state index in [2.05, 4.69) is 40.1 Å². The molecule has 0 bridgehead atoms. The van der Waals surface area contributed by atoms with Gasteiger partial charge in [-0.25, -0.2) is 0 Å². The van der Waals surface area contributed by atoms with Gasteiger partial charge in [-0.2, -0.15) is 5.10 Å². The molecule has 6 nitrogen and oxygen atoms in total. The summed E-state index contributed by atoms with van der Waals surface area (Å²) in [5.74, 6) is 0. The number of aromatic nitrogens is 5. The topological polar surface area (TPSA) is 82.5 Å². The van der Waals surface area contributed by atoms with Gasteiger partial charge < -0.3 is 5.73 Å². The molecule has 4 aromatic rings. The normalized spacial score (nSPS) is 11.5. The number of hydrogen-bond acceptors (Lipinski definition) is 5. The first-order valence-corrected chi connectivity index (χ1v) is 8.89. The van der Waals surface area contributed by atoms with Crippen LogP contribution in [0.1, 0.15) is 24.0 Å². The molecule has 0 amide bonds. The molecule has 0 spiro atoms. The summed E-state index contributed by atoms with van der Waals surface area (Å²) in [6, 6.07) is 12.2. The van der Waals surface area contributed by atoms with Gasteiger partial charge in [0, 0.05) is 36.4 Å². The zero-order valence-electron chi connectivity index (χ0n) is 15.1. The van der Waals surface area contributed by atoms with Gasteiger partial charge in [-0.3, -0.25) is 19.6 Å². The van der Waals surface area contributed by atoms with Gasteiger partial charge in [0.05, 0.1) is 34.5 Å². The third-order valence-corrected chi connectivity index (χ3v) is 4.39. The summed E-state index contributed by atoms with van der Waals surface area (Å²) in [7, 11) is 0. The van der Waals surface area contributed by atoms with Gasteiger partial charge in [0.15, 0.2) is 0 Å². The highest BCUT2D eigenvalue weighted by atomic mass is 15.3. The van der Waals surface area contributed by atoms with E-state index in [4.69, 9.17) is 10.8 Å². The second kappa shape index (κ2) is 7.47. The third-order valence-electron chi connectivity index (χ3n) is 4.39. The van der Waals surface area contributed by atoms with E-state index in [0.29, 0.717) is 6.54 Å². The first-order valence-electron chi connectivity index (χ1n) is 8.89. The molecule has 134 valence electrons. The molecule has 3 heterocycles. The monoisotopic (exact) mass is 356 g/mol. The maximum absolute atomic E-state index is 5.73. The number of benzene rings is 1. The fraction of sp³-hybridized carbons (Fsp3) is 0.143. The molecule has 0 aliphatic carbocycles. The van der Waals surface area contributed by atoms with E-state index < -0.39 is 0 Å². The molecule has 0 aliphatic heterocycles. The fourth-order valence-electron chi connectivity index (χ4n) is 3.04. The van der Waals surface area contributed by atoms with Crippen LogP contribution in [0.15, 0.2) is 55.0 Å². The molecular formula is C21H20N6. The highest BCUT2D eigenvalue weighted by Gasteiger charge is 2.10. The number of hydrogen-bond donors (Lipinski definition) is 1. The SMILES string of the molecule is CCn1nc(/C=C/c2cnccn2)c2cc(-c3cccc(CN)n3)ccc21. The van der Waals surface area contributed by atoms with Gasteiger partial charge in [-0.15, -0.1) is 0 Å². The molecule has 2 N–H and O–H groups in total. The average molecular weight is 356 g/mol. The van der Waals surface area contributed by atoms with Crippen molar-refractivity contribution in [2.75, 3.05) is 0 Å². The van der Waals surface area contributed by atoms with Crippen LogP contribution in [0, 0.1) is 0 Å². The van der Waals surface area contributed by atoms with E-state index in [0.717, 1.165) is 45.8 Å². The van der Waals surface area contributed by atoms with E-state index in [-0.39, 0.29) is 0 Å². The van der Waals surface area contributed by atoms with Gasteiger partial charge in [0.1, 0.15) is 0 Å². The van der Waals surface area contributed by atoms with Crippen molar-refractivity contribution in [3.63, 3.8) is 0 Å². The zero-order valence-corrected chi connectivity index (χ0v) is 15.1. The number of fused-ring (bicyclic) bond motifs is 1. The lowest BCUT2D eigenvalue weighted by Crippen LogP contribution is -1.99. The Morgan fingerprint density at radius 1 is 1.11 bits per heavy atom. The van der Waals surface area contributed by atoms with Crippen molar-refractivity contribution in [3.8, 4) is 11.3 Å². The number of pyridine rings is 1. The Hall–Kier alpha value is -3.38. The van der Waals surface area contributed by atoms with Crippen LogP contribution in [0.3, 0.4) is 0 Å². The quantitative estimate of drug-likeness (QED) is 0.591. The van der Waals surface area contributed by atoms with Crippen molar-refractivity contribution in [2.24, 2.45) is 5.73 Å². The number of nitrogens with two attached hydrogens (primary N) is 1. The molecule has 27 heavy (non-hydrogen) atoms. The number of nitrogens with zero attached hydrogens (tertiary/aromatic N) is 5. The smallest absolute Gasteiger partial charge is 0.0930 e. The number of rotatable bonds is 5. The van der Waals surface area contributed by atoms with Gasteiger partial charge in [0.25, 0.3) is 0 Å². The summed E-state index contributed by atoms with van der Waals surface area (Å²) in [5, 5.41) is 5.81. The molecule has 0 saturated heterocycles. The average Bonchev–Trinajstić information content (AvgIpc) is 3.10. The summed E-state index contributed by atoms with van der Waals surface area (Å²) in [4.78, 5) is 13.0. The Kier molecular flexibility index (Phi) is 4.72. The van der Waals surface area contributed by atoms with Crippen molar-refractivity contribution in [1.29, 1.82) is 0 Å². The molecule has 1 aromatic carbocycles. The van der Waals surface area contributed by atoms with Crippen LogP contribution in [0.2, 0.25) is 0 Å². The minimum atomic E-state index is 0.427. The molecule has 6 heteroatoms. The first-order chi connectivity index (χ1) is 13.3. The Labute approximate surface area is 157 Å². The molecule has 0 radical (unpaired) electrons. The van der Waals surface area contributed by atoms with Crippen molar-refractivity contribution in [1.82, 2.24) is 24.7 Å². The van der Waals surface area contributed by atoms with Crippen LogP contribution in [-0.2, 0) is 13.1 Å². The van der Waals surface area contributed by atoms with Gasteiger partial charge in [0.2, 0.25) is 0 Å². The highest BCUT2D eigenvalue weighted by Crippen LogP contribution is 2.27. The van der Waals surface area contributed by atoms with Crippen LogP contribution in [0.25, 0.3) is 34.3 Å². The molecule has 0 saturated carbocycles. The van der Waals surface area contributed by atoms with Crippen LogP contribution in [-0.4, -0.2) is 24.7 Å². The molecule has 0 unspecified atom stereocenters. The standard InChI is InChI=1S/C21H20N6/c1-2-27-21-9-6-15(19-5-3-4-16(13-22)25-19)12-18(21)20(26-27)8-7-17-14-23-10-11-24-17/h3-12,14H,2,13,22H2,1H3/b8-7+. The predicted molar refractivity (Wildman–Crippen MR) is 107 cm³/mol. The molecule has 3 aromatic heterocycles. The number of aryl methyl sites for hydroxylation is 1. The van der Waals surface area contributed by atoms with Crippen molar-refractivity contribution in [3.05, 3.63) is 72.1 Å². The minimum Gasteiger partial charge on any atom is -0.325 e. The Morgan fingerprint density at radius 2 is 2.04 bits per heavy atom. The summed E-state index contributed by atoms with van der Waals surface area (Å²) >= 11 is 0. The van der Waals surface area contributed by atoms with E-state index >= 15 is 0 Å². The maximum Gasteiger partial charge on any atom is 0.0930 e. The van der Waals surface area contributed by atoms with Gasteiger partial charge in [-0.05, 0) is 43.3 Å². The second-order valence-corrected chi connectivity index (χ2v) is 6.11. The van der Waals surface area contributed by atoms with Crippen molar-refractivity contribution in [2.45, 2.75) is 20.0 Å². The Bertz CT molecular complexity index is 1100. The molecule has 0 aliphatic rings. The van der Waals surface area contributed by atoms with Crippen molar-refractivity contribution >= 4 is 23.1 Å². The second-order valence-electron chi connectivity index (χ2n) is 6.11. The van der Waals surface area contributed by atoms with Crippen LogP contribution in [0.5, 0.6) is 0 Å². The van der Waals surface area contributed by atoms with E-state index in [1.165, 1.54) is 0 Å².